The summed E-state index contributed by atoms with van der Waals surface area (Å²) in [7, 11) is 0. The lowest BCUT2D eigenvalue weighted by molar-refractivity contribution is -0.223. The average molecular weight is 817 g/mol. The maximum Gasteiger partial charge on any atom is 0.317 e. The van der Waals surface area contributed by atoms with Gasteiger partial charge in [-0.1, -0.05) is 18.2 Å². The standard InChI is InChI=1S/C42H72O15/c1-37(2,3)52-31(46)25(32(47)53-38(4,5)6)28(43)22-19-23(29(44)26(33(48)54-39(7,8)9)34(49)55-40(10,11)12)21-24(20-22)30(45)27(35(50)56-41(13,14)15)36(51)57-42(16,17)18/h19-21,25-31,33,35,43-46,48,50H,1-18H3. The molecule has 0 saturated heterocycles. The zero-order valence-electron chi connectivity index (χ0n) is 37.3. The van der Waals surface area contributed by atoms with E-state index in [1.165, 1.54) is 18.2 Å². The zero-order valence-corrected chi connectivity index (χ0v) is 37.3. The highest BCUT2D eigenvalue weighted by Gasteiger charge is 2.45. The monoisotopic (exact) mass is 816 g/mol. The molecule has 0 aromatic heterocycles. The Morgan fingerprint density at radius 3 is 0.684 bits per heavy atom. The molecule has 0 heterocycles. The first-order valence-corrected chi connectivity index (χ1v) is 19.2. The van der Waals surface area contributed by atoms with Crippen LogP contribution >= 0.6 is 0 Å². The van der Waals surface area contributed by atoms with Crippen LogP contribution in [0.3, 0.4) is 0 Å². The molecular formula is C42H72O15. The fraction of sp³-hybridized carbons (Fsp3) is 0.786. The normalized spacial score (nSPS) is 18.3. The molecule has 0 amide bonds. The van der Waals surface area contributed by atoms with Crippen molar-refractivity contribution in [3.8, 4) is 0 Å². The summed E-state index contributed by atoms with van der Waals surface area (Å²) in [5, 5.41) is 69.9. The summed E-state index contributed by atoms with van der Waals surface area (Å²) < 4.78 is 33.8. The van der Waals surface area contributed by atoms with Gasteiger partial charge in [-0.3, -0.25) is 14.4 Å². The quantitative estimate of drug-likeness (QED) is 0.0773. The Labute approximate surface area is 339 Å². The Balaban J connectivity index is 4.33. The van der Waals surface area contributed by atoms with E-state index in [0.29, 0.717) is 0 Å². The van der Waals surface area contributed by atoms with Crippen LogP contribution in [-0.4, -0.2) is 101 Å². The Bertz CT molecular complexity index is 1290. The van der Waals surface area contributed by atoms with Crippen molar-refractivity contribution in [3.63, 3.8) is 0 Å². The summed E-state index contributed by atoms with van der Waals surface area (Å²) in [6, 6.07) is 3.54. The predicted molar refractivity (Wildman–Crippen MR) is 210 cm³/mol. The number of carbonyl (C=O) groups excluding carboxylic acids is 3. The second-order valence-corrected chi connectivity index (χ2v) is 20.3. The summed E-state index contributed by atoms with van der Waals surface area (Å²) in [5.74, 6) is -8.72. The zero-order chi connectivity index (χ0) is 45.0. The SMILES string of the molecule is CC(C)(C)OC(=O)C(C(O)OC(C)(C)C)C(O)c1cc(C(O)C(C(=O)OC(C)(C)C)C(O)OC(C)(C)C)cc(C(O)C(C(=O)OC(C)(C)C)C(O)OC(C)(C)C)c1. The van der Waals surface area contributed by atoms with Gasteiger partial charge in [0.05, 0.1) is 35.1 Å². The van der Waals surface area contributed by atoms with Gasteiger partial charge in [0.2, 0.25) is 0 Å². The van der Waals surface area contributed by atoms with E-state index in [4.69, 9.17) is 28.4 Å². The van der Waals surface area contributed by atoms with E-state index < -0.39 is 106 Å². The molecule has 1 rings (SSSR count). The van der Waals surface area contributed by atoms with Crippen molar-refractivity contribution in [1.29, 1.82) is 0 Å². The number of aliphatic hydroxyl groups is 6. The van der Waals surface area contributed by atoms with Crippen LogP contribution in [0.5, 0.6) is 0 Å². The van der Waals surface area contributed by atoms with Gasteiger partial charge >= 0.3 is 17.9 Å². The average Bonchev–Trinajstić information content (AvgIpc) is 2.91. The molecule has 0 bridgehead atoms. The number of aliphatic hydroxyl groups excluding tert-OH is 6. The smallest absolute Gasteiger partial charge is 0.317 e. The highest BCUT2D eigenvalue weighted by atomic mass is 16.6. The minimum Gasteiger partial charge on any atom is -0.460 e. The van der Waals surface area contributed by atoms with Gasteiger partial charge in [0.25, 0.3) is 0 Å². The van der Waals surface area contributed by atoms with Crippen LogP contribution < -0.4 is 0 Å². The van der Waals surface area contributed by atoms with Gasteiger partial charge in [0.1, 0.15) is 34.6 Å². The lowest BCUT2D eigenvalue weighted by atomic mass is 9.85. The van der Waals surface area contributed by atoms with Crippen molar-refractivity contribution in [2.24, 2.45) is 17.8 Å². The fourth-order valence-electron chi connectivity index (χ4n) is 5.46. The Morgan fingerprint density at radius 2 is 0.544 bits per heavy atom. The topological polar surface area (TPSA) is 228 Å². The molecule has 1 aromatic rings. The highest BCUT2D eigenvalue weighted by molar-refractivity contribution is 5.76. The Morgan fingerprint density at radius 1 is 0.368 bits per heavy atom. The molecule has 330 valence electrons. The second-order valence-electron chi connectivity index (χ2n) is 20.3. The number of benzene rings is 1. The van der Waals surface area contributed by atoms with Gasteiger partial charge in [-0.25, -0.2) is 0 Å². The molecule has 0 spiro atoms. The van der Waals surface area contributed by atoms with Gasteiger partial charge in [-0.15, -0.1) is 0 Å². The molecule has 9 unspecified atom stereocenters. The predicted octanol–water partition coefficient (Wildman–Crippen LogP) is 5.06. The van der Waals surface area contributed by atoms with E-state index in [2.05, 4.69) is 0 Å². The Kier molecular flexibility index (Phi) is 17.5. The molecule has 57 heavy (non-hydrogen) atoms. The van der Waals surface area contributed by atoms with Crippen molar-refractivity contribution in [2.75, 3.05) is 0 Å². The number of ether oxygens (including phenoxy) is 6. The van der Waals surface area contributed by atoms with Crippen LogP contribution in [0, 0.1) is 17.8 Å². The number of hydrogen-bond donors (Lipinski definition) is 6. The minimum absolute atomic E-state index is 0.239. The summed E-state index contributed by atoms with van der Waals surface area (Å²) in [4.78, 5) is 41.1. The first-order valence-electron chi connectivity index (χ1n) is 19.2. The van der Waals surface area contributed by atoms with E-state index in [1.54, 1.807) is 125 Å². The van der Waals surface area contributed by atoms with Crippen molar-refractivity contribution in [2.45, 2.75) is 195 Å². The molecule has 0 aliphatic rings. The largest absolute Gasteiger partial charge is 0.460 e. The maximum atomic E-state index is 13.7. The van der Waals surface area contributed by atoms with Crippen molar-refractivity contribution in [1.82, 2.24) is 0 Å². The summed E-state index contributed by atoms with van der Waals surface area (Å²) in [6.45, 7) is 28.8. The van der Waals surface area contributed by atoms with Crippen molar-refractivity contribution in [3.05, 3.63) is 34.9 Å². The molecule has 0 aliphatic carbocycles. The van der Waals surface area contributed by atoms with Crippen molar-refractivity contribution < 1.29 is 73.4 Å². The molecular weight excluding hydrogens is 744 g/mol. The van der Waals surface area contributed by atoms with Gasteiger partial charge in [0.15, 0.2) is 18.9 Å². The molecule has 0 aliphatic heterocycles. The number of hydrogen-bond acceptors (Lipinski definition) is 15. The Hall–Kier alpha value is -2.73. The lowest BCUT2D eigenvalue weighted by Crippen LogP contribution is -2.43. The third-order valence-electron chi connectivity index (χ3n) is 7.43. The van der Waals surface area contributed by atoms with Crippen LogP contribution in [0.4, 0.5) is 0 Å². The van der Waals surface area contributed by atoms with Crippen LogP contribution in [0.25, 0.3) is 0 Å². The highest BCUT2D eigenvalue weighted by Crippen LogP contribution is 2.39. The first-order chi connectivity index (χ1) is 25.2. The molecule has 15 heteroatoms. The van der Waals surface area contributed by atoms with E-state index >= 15 is 0 Å². The minimum atomic E-state index is -2.00. The molecule has 0 fully saturated rings. The van der Waals surface area contributed by atoms with Crippen LogP contribution in [0.2, 0.25) is 0 Å². The van der Waals surface area contributed by atoms with E-state index in [-0.39, 0.29) is 16.7 Å². The van der Waals surface area contributed by atoms with E-state index in [9.17, 15) is 45.0 Å². The van der Waals surface area contributed by atoms with Crippen LogP contribution in [0.1, 0.15) is 160 Å². The molecule has 6 N–H and O–H groups in total. The van der Waals surface area contributed by atoms with Crippen LogP contribution in [-0.2, 0) is 42.8 Å². The van der Waals surface area contributed by atoms with Gasteiger partial charge in [-0.2, -0.15) is 0 Å². The molecule has 0 saturated carbocycles. The summed E-state index contributed by atoms with van der Waals surface area (Å²) in [6.07, 6.45) is -11.9. The van der Waals surface area contributed by atoms with E-state index in [1.807, 2.05) is 0 Å². The van der Waals surface area contributed by atoms with E-state index in [0.717, 1.165) is 0 Å². The molecule has 15 nitrogen and oxygen atoms in total. The van der Waals surface area contributed by atoms with Gasteiger partial charge in [-0.05, 0) is 141 Å². The van der Waals surface area contributed by atoms with Crippen molar-refractivity contribution >= 4 is 17.9 Å². The van der Waals surface area contributed by atoms with Gasteiger partial charge in [0, 0.05) is 0 Å². The molecule has 9 atom stereocenters. The fourth-order valence-corrected chi connectivity index (χ4v) is 5.46. The lowest BCUT2D eigenvalue weighted by Gasteiger charge is -2.35. The molecule has 1 aromatic carbocycles. The number of carbonyl (C=O) groups is 3. The van der Waals surface area contributed by atoms with Gasteiger partial charge < -0.3 is 59.1 Å². The maximum absolute atomic E-state index is 13.7. The number of rotatable bonds is 15. The number of esters is 3. The summed E-state index contributed by atoms with van der Waals surface area (Å²) in [5.41, 5.74) is -7.02. The summed E-state index contributed by atoms with van der Waals surface area (Å²) >= 11 is 0. The molecule has 0 radical (unpaired) electrons. The van der Waals surface area contributed by atoms with Crippen LogP contribution in [0.15, 0.2) is 18.2 Å². The second kappa shape index (κ2) is 19.1. The third-order valence-corrected chi connectivity index (χ3v) is 7.43. The first kappa shape index (κ1) is 52.3. The third kappa shape index (κ3) is 18.4.